The molecule has 0 spiro atoms. The fraction of sp³-hybridized carbons (Fsp3) is 0.0909. The van der Waals surface area contributed by atoms with Crippen LogP contribution in [0.3, 0.4) is 0 Å². The highest BCUT2D eigenvalue weighted by molar-refractivity contribution is 6.34. The molecule has 0 fully saturated rings. The number of halogens is 1. The van der Waals surface area contributed by atoms with E-state index in [1.807, 2.05) is 49.4 Å². The van der Waals surface area contributed by atoms with E-state index in [0.29, 0.717) is 22.0 Å². The minimum Gasteiger partial charge on any atom is -0.324 e. The Bertz CT molecular complexity index is 971. The van der Waals surface area contributed by atoms with Crippen molar-refractivity contribution in [3.05, 3.63) is 94.5 Å². The Morgan fingerprint density at radius 2 is 1.67 bits per heavy atom. The van der Waals surface area contributed by atoms with Gasteiger partial charge in [-0.1, -0.05) is 59.6 Å². The minimum absolute atomic E-state index is 0.192. The van der Waals surface area contributed by atoms with Crippen molar-refractivity contribution < 1.29 is 9.59 Å². The van der Waals surface area contributed by atoms with E-state index in [1.165, 1.54) is 0 Å². The molecule has 0 unspecified atom stereocenters. The van der Waals surface area contributed by atoms with Gasteiger partial charge in [-0.05, 0) is 42.8 Å². The summed E-state index contributed by atoms with van der Waals surface area (Å²) in [5.41, 5.74) is 3.53. The van der Waals surface area contributed by atoms with Crippen LogP contribution in [-0.2, 0) is 11.2 Å². The average molecular weight is 379 g/mol. The third-order valence-corrected chi connectivity index (χ3v) is 4.31. The molecule has 0 aromatic heterocycles. The number of hydrogen-bond acceptors (Lipinski definition) is 2. The Morgan fingerprint density at radius 1 is 0.889 bits per heavy atom. The highest BCUT2D eigenvalue weighted by Gasteiger charge is 2.12. The first-order valence-corrected chi connectivity index (χ1v) is 8.90. The summed E-state index contributed by atoms with van der Waals surface area (Å²) >= 11 is 6.19. The van der Waals surface area contributed by atoms with Gasteiger partial charge in [0.05, 0.1) is 17.1 Å². The lowest BCUT2D eigenvalue weighted by Crippen LogP contribution is -2.16. The Labute approximate surface area is 163 Å². The third kappa shape index (κ3) is 5.19. The standard InChI is InChI=1S/C22H19ClN2O2/c1-15-6-5-7-16(12-15)13-21(26)25-20-14-17(10-11-19(20)23)22(27)24-18-8-3-2-4-9-18/h2-12,14H,13H2,1H3,(H,24,27)(H,25,26). The van der Waals surface area contributed by atoms with Crippen LogP contribution in [0.1, 0.15) is 21.5 Å². The van der Waals surface area contributed by atoms with E-state index in [0.717, 1.165) is 11.1 Å². The lowest BCUT2D eigenvalue weighted by Gasteiger charge is -2.10. The molecule has 3 aromatic carbocycles. The lowest BCUT2D eigenvalue weighted by atomic mass is 10.1. The Balaban J connectivity index is 1.71. The molecule has 0 atom stereocenters. The van der Waals surface area contributed by atoms with E-state index in [4.69, 9.17) is 11.6 Å². The second-order valence-corrected chi connectivity index (χ2v) is 6.64. The van der Waals surface area contributed by atoms with Gasteiger partial charge in [0.25, 0.3) is 5.91 Å². The molecule has 0 heterocycles. The van der Waals surface area contributed by atoms with E-state index in [1.54, 1.807) is 30.3 Å². The number of carbonyl (C=O) groups excluding carboxylic acids is 2. The zero-order chi connectivity index (χ0) is 19.2. The van der Waals surface area contributed by atoms with Gasteiger partial charge in [0.1, 0.15) is 0 Å². The highest BCUT2D eigenvalue weighted by atomic mass is 35.5. The van der Waals surface area contributed by atoms with Crippen molar-refractivity contribution in [1.82, 2.24) is 0 Å². The predicted molar refractivity (Wildman–Crippen MR) is 109 cm³/mol. The fourth-order valence-corrected chi connectivity index (χ4v) is 2.85. The molecular formula is C22H19ClN2O2. The molecule has 27 heavy (non-hydrogen) atoms. The molecule has 0 bridgehead atoms. The summed E-state index contributed by atoms with van der Waals surface area (Å²) in [4.78, 5) is 24.8. The van der Waals surface area contributed by atoms with E-state index in [-0.39, 0.29) is 18.2 Å². The number of aryl methyl sites for hydroxylation is 1. The first-order chi connectivity index (χ1) is 13.0. The largest absolute Gasteiger partial charge is 0.324 e. The maximum atomic E-state index is 12.4. The summed E-state index contributed by atoms with van der Waals surface area (Å²) in [7, 11) is 0. The minimum atomic E-state index is -0.271. The normalized spacial score (nSPS) is 10.3. The number of anilines is 2. The van der Waals surface area contributed by atoms with Crippen LogP contribution in [0.5, 0.6) is 0 Å². The quantitative estimate of drug-likeness (QED) is 0.650. The highest BCUT2D eigenvalue weighted by Crippen LogP contribution is 2.24. The van der Waals surface area contributed by atoms with Gasteiger partial charge in [-0.3, -0.25) is 9.59 Å². The van der Waals surface area contributed by atoms with Gasteiger partial charge in [0.15, 0.2) is 0 Å². The SMILES string of the molecule is Cc1cccc(CC(=O)Nc2cc(C(=O)Nc3ccccc3)ccc2Cl)c1. The lowest BCUT2D eigenvalue weighted by molar-refractivity contribution is -0.115. The van der Waals surface area contributed by atoms with E-state index >= 15 is 0 Å². The van der Waals surface area contributed by atoms with Crippen LogP contribution >= 0.6 is 11.6 Å². The molecule has 0 saturated carbocycles. The first-order valence-electron chi connectivity index (χ1n) is 8.52. The number of rotatable bonds is 5. The molecule has 0 saturated heterocycles. The maximum absolute atomic E-state index is 12.4. The van der Waals surface area contributed by atoms with Gasteiger partial charge in [-0.15, -0.1) is 0 Å². The Morgan fingerprint density at radius 3 is 2.41 bits per heavy atom. The molecular weight excluding hydrogens is 360 g/mol. The van der Waals surface area contributed by atoms with Gasteiger partial charge in [-0.2, -0.15) is 0 Å². The molecule has 0 aliphatic rings. The van der Waals surface area contributed by atoms with E-state index in [2.05, 4.69) is 10.6 Å². The fourth-order valence-electron chi connectivity index (χ4n) is 2.69. The van der Waals surface area contributed by atoms with Crippen LogP contribution in [0.25, 0.3) is 0 Å². The summed E-state index contributed by atoms with van der Waals surface area (Å²) in [5.74, 6) is -0.463. The molecule has 2 N–H and O–H groups in total. The molecule has 5 heteroatoms. The van der Waals surface area contributed by atoms with Crippen molar-refractivity contribution in [3.63, 3.8) is 0 Å². The summed E-state index contributed by atoms with van der Waals surface area (Å²) in [6.07, 6.45) is 0.235. The van der Waals surface area contributed by atoms with Crippen LogP contribution in [0, 0.1) is 6.92 Å². The smallest absolute Gasteiger partial charge is 0.255 e. The Kier molecular flexibility index (Phi) is 5.89. The third-order valence-electron chi connectivity index (χ3n) is 3.98. The zero-order valence-corrected chi connectivity index (χ0v) is 15.6. The Hall–Kier alpha value is -3.11. The average Bonchev–Trinajstić information content (AvgIpc) is 2.64. The second kappa shape index (κ2) is 8.52. The van der Waals surface area contributed by atoms with Crippen molar-refractivity contribution in [1.29, 1.82) is 0 Å². The summed E-state index contributed by atoms with van der Waals surface area (Å²) in [6.45, 7) is 1.98. The molecule has 0 radical (unpaired) electrons. The van der Waals surface area contributed by atoms with Gasteiger partial charge >= 0.3 is 0 Å². The summed E-state index contributed by atoms with van der Waals surface area (Å²) < 4.78 is 0. The number of amides is 2. The molecule has 0 aliphatic heterocycles. The van der Waals surface area contributed by atoms with Crippen molar-refractivity contribution in [2.75, 3.05) is 10.6 Å². The van der Waals surface area contributed by atoms with Crippen LogP contribution in [0.15, 0.2) is 72.8 Å². The number of nitrogens with one attached hydrogen (secondary N) is 2. The van der Waals surface area contributed by atoms with Crippen LogP contribution in [0.2, 0.25) is 5.02 Å². The maximum Gasteiger partial charge on any atom is 0.255 e. The molecule has 3 rings (SSSR count). The number of hydrogen-bond donors (Lipinski definition) is 2. The van der Waals surface area contributed by atoms with Gasteiger partial charge in [0, 0.05) is 11.3 Å². The van der Waals surface area contributed by atoms with Gasteiger partial charge in [-0.25, -0.2) is 0 Å². The monoisotopic (exact) mass is 378 g/mol. The van der Waals surface area contributed by atoms with E-state index < -0.39 is 0 Å². The number of benzene rings is 3. The molecule has 4 nitrogen and oxygen atoms in total. The zero-order valence-electron chi connectivity index (χ0n) is 14.8. The second-order valence-electron chi connectivity index (χ2n) is 6.23. The molecule has 3 aromatic rings. The van der Waals surface area contributed by atoms with Crippen LogP contribution < -0.4 is 10.6 Å². The molecule has 2 amide bonds. The van der Waals surface area contributed by atoms with Crippen molar-refractivity contribution in [3.8, 4) is 0 Å². The van der Waals surface area contributed by atoms with Crippen LogP contribution in [0.4, 0.5) is 11.4 Å². The molecule has 136 valence electrons. The van der Waals surface area contributed by atoms with Gasteiger partial charge < -0.3 is 10.6 Å². The summed E-state index contributed by atoms with van der Waals surface area (Å²) in [6, 6.07) is 21.7. The predicted octanol–water partition coefficient (Wildman–Crippen LogP) is 5.08. The number of carbonyl (C=O) groups is 2. The van der Waals surface area contributed by atoms with Crippen LogP contribution in [-0.4, -0.2) is 11.8 Å². The summed E-state index contributed by atoms with van der Waals surface area (Å²) in [5, 5.41) is 5.97. The first kappa shape index (κ1) is 18.7. The van der Waals surface area contributed by atoms with Crippen molar-refractivity contribution in [2.24, 2.45) is 0 Å². The van der Waals surface area contributed by atoms with E-state index in [9.17, 15) is 9.59 Å². The van der Waals surface area contributed by atoms with Crippen molar-refractivity contribution in [2.45, 2.75) is 13.3 Å². The number of para-hydroxylation sites is 1. The van der Waals surface area contributed by atoms with Gasteiger partial charge in [0.2, 0.25) is 5.91 Å². The molecule has 0 aliphatic carbocycles. The topological polar surface area (TPSA) is 58.2 Å². The van der Waals surface area contributed by atoms with Crippen molar-refractivity contribution >= 4 is 34.8 Å².